The number of esters is 1. The molecule has 2 aromatic heterocycles. The van der Waals surface area contributed by atoms with Gasteiger partial charge in [0.15, 0.2) is 5.75 Å². The molecule has 7 heteroatoms. The lowest BCUT2D eigenvalue weighted by Gasteiger charge is -2.08. The third kappa shape index (κ3) is 3.91. The second kappa shape index (κ2) is 7.37. The second-order valence-corrected chi connectivity index (χ2v) is 6.98. The van der Waals surface area contributed by atoms with Crippen molar-refractivity contribution in [2.75, 3.05) is 0 Å². The molecule has 3 aromatic rings. The van der Waals surface area contributed by atoms with Crippen molar-refractivity contribution in [1.82, 2.24) is 9.97 Å². The first-order valence-electron chi connectivity index (χ1n) is 7.82. The SMILES string of the molecule is CCc1sc2cc(OCc3cnc(C)nc3Cl)ccc2c1OC(C)=O. The third-order valence-corrected chi connectivity index (χ3v) is 5.18. The van der Waals surface area contributed by atoms with E-state index in [0.29, 0.717) is 22.5 Å². The summed E-state index contributed by atoms with van der Waals surface area (Å²) >= 11 is 7.70. The fourth-order valence-corrected chi connectivity index (χ4v) is 3.73. The number of nitrogens with zero attached hydrogens (tertiary/aromatic N) is 2. The maximum absolute atomic E-state index is 11.3. The number of carbonyl (C=O) groups is 1. The summed E-state index contributed by atoms with van der Waals surface area (Å²) in [6.07, 6.45) is 2.47. The number of aryl methyl sites for hydroxylation is 2. The first-order chi connectivity index (χ1) is 12.0. The van der Waals surface area contributed by atoms with Crippen molar-refractivity contribution in [3.05, 3.63) is 45.8 Å². The van der Waals surface area contributed by atoms with E-state index in [2.05, 4.69) is 9.97 Å². The number of fused-ring (bicyclic) bond motifs is 1. The number of rotatable bonds is 5. The molecule has 130 valence electrons. The van der Waals surface area contributed by atoms with Crippen LogP contribution in [0.3, 0.4) is 0 Å². The predicted octanol–water partition coefficient (Wildman–Crippen LogP) is 4.72. The standard InChI is InChI=1S/C18H17ClN2O3S/c1-4-15-17(24-11(3)22)14-6-5-13(7-16(14)25-15)23-9-12-8-20-10(2)21-18(12)19/h5-8H,4,9H2,1-3H3. The molecular weight excluding hydrogens is 360 g/mol. The zero-order chi connectivity index (χ0) is 18.0. The molecule has 25 heavy (non-hydrogen) atoms. The van der Waals surface area contributed by atoms with Crippen LogP contribution in [-0.2, 0) is 17.8 Å². The fraction of sp³-hybridized carbons (Fsp3) is 0.278. The molecule has 0 aliphatic heterocycles. The van der Waals surface area contributed by atoms with E-state index in [-0.39, 0.29) is 12.6 Å². The highest BCUT2D eigenvalue weighted by Gasteiger charge is 2.15. The first-order valence-corrected chi connectivity index (χ1v) is 9.02. The van der Waals surface area contributed by atoms with Crippen LogP contribution in [0.4, 0.5) is 0 Å². The summed E-state index contributed by atoms with van der Waals surface area (Å²) in [5, 5.41) is 1.32. The summed E-state index contributed by atoms with van der Waals surface area (Å²) in [5.41, 5.74) is 0.730. The Morgan fingerprint density at radius 2 is 2.16 bits per heavy atom. The highest BCUT2D eigenvalue weighted by molar-refractivity contribution is 7.19. The van der Waals surface area contributed by atoms with Crippen molar-refractivity contribution in [2.45, 2.75) is 33.8 Å². The lowest BCUT2D eigenvalue weighted by molar-refractivity contribution is -0.131. The Labute approximate surface area is 154 Å². The van der Waals surface area contributed by atoms with Crippen LogP contribution < -0.4 is 9.47 Å². The van der Waals surface area contributed by atoms with E-state index in [0.717, 1.165) is 26.9 Å². The number of ether oxygens (including phenoxy) is 2. The van der Waals surface area contributed by atoms with Crippen LogP contribution in [0.25, 0.3) is 10.1 Å². The summed E-state index contributed by atoms with van der Waals surface area (Å²) < 4.78 is 12.2. The molecule has 0 atom stereocenters. The average molecular weight is 377 g/mol. The summed E-state index contributed by atoms with van der Waals surface area (Å²) in [7, 11) is 0. The highest BCUT2D eigenvalue weighted by Crippen LogP contribution is 2.40. The van der Waals surface area contributed by atoms with Crippen LogP contribution in [0, 0.1) is 6.92 Å². The molecule has 1 aromatic carbocycles. The molecule has 0 unspecified atom stereocenters. The molecule has 0 saturated carbocycles. The van der Waals surface area contributed by atoms with Gasteiger partial charge in [-0.25, -0.2) is 9.97 Å². The number of hydrogen-bond donors (Lipinski definition) is 0. The Morgan fingerprint density at radius 1 is 1.36 bits per heavy atom. The largest absolute Gasteiger partial charge is 0.489 e. The zero-order valence-electron chi connectivity index (χ0n) is 14.1. The predicted molar refractivity (Wildman–Crippen MR) is 98.6 cm³/mol. The lowest BCUT2D eigenvalue weighted by Crippen LogP contribution is -2.02. The molecule has 0 aliphatic carbocycles. The topological polar surface area (TPSA) is 61.3 Å². The van der Waals surface area contributed by atoms with Gasteiger partial charge in [-0.3, -0.25) is 4.79 Å². The molecule has 0 amide bonds. The molecule has 3 rings (SSSR count). The monoisotopic (exact) mass is 376 g/mol. The normalized spacial score (nSPS) is 10.9. The van der Waals surface area contributed by atoms with Crippen LogP contribution in [0.2, 0.25) is 5.15 Å². The van der Waals surface area contributed by atoms with Gasteiger partial charge in [0.2, 0.25) is 0 Å². The van der Waals surface area contributed by atoms with Gasteiger partial charge < -0.3 is 9.47 Å². The number of thiophene rings is 1. The van der Waals surface area contributed by atoms with Crippen LogP contribution in [0.15, 0.2) is 24.4 Å². The lowest BCUT2D eigenvalue weighted by atomic mass is 10.2. The number of hydrogen-bond acceptors (Lipinski definition) is 6. The molecule has 0 spiro atoms. The van der Waals surface area contributed by atoms with E-state index in [1.807, 2.05) is 25.1 Å². The molecule has 2 heterocycles. The molecule has 0 aliphatic rings. The van der Waals surface area contributed by atoms with E-state index in [1.54, 1.807) is 24.5 Å². The van der Waals surface area contributed by atoms with Gasteiger partial charge in [-0.05, 0) is 31.5 Å². The van der Waals surface area contributed by atoms with Gasteiger partial charge >= 0.3 is 5.97 Å². The molecular formula is C18H17ClN2O3S. The van der Waals surface area contributed by atoms with Gasteiger partial charge in [0.25, 0.3) is 0 Å². The summed E-state index contributed by atoms with van der Waals surface area (Å²) in [5.74, 6) is 1.67. The van der Waals surface area contributed by atoms with E-state index in [9.17, 15) is 4.79 Å². The Bertz CT molecular complexity index is 939. The Hall–Kier alpha value is -2.18. The molecule has 0 bridgehead atoms. The van der Waals surface area contributed by atoms with Gasteiger partial charge in [-0.15, -0.1) is 11.3 Å². The van der Waals surface area contributed by atoms with Gasteiger partial charge in [0.05, 0.1) is 0 Å². The Morgan fingerprint density at radius 3 is 2.84 bits per heavy atom. The molecule has 0 fully saturated rings. The number of halogens is 1. The van der Waals surface area contributed by atoms with Gasteiger partial charge in [-0.1, -0.05) is 18.5 Å². The molecule has 0 saturated heterocycles. The Balaban J connectivity index is 1.85. The maximum Gasteiger partial charge on any atom is 0.308 e. The van der Waals surface area contributed by atoms with E-state index in [4.69, 9.17) is 21.1 Å². The fourth-order valence-electron chi connectivity index (χ4n) is 2.41. The second-order valence-electron chi connectivity index (χ2n) is 5.48. The quantitative estimate of drug-likeness (QED) is 0.476. The third-order valence-electron chi connectivity index (χ3n) is 3.58. The number of benzene rings is 1. The van der Waals surface area contributed by atoms with Crippen LogP contribution in [-0.4, -0.2) is 15.9 Å². The van der Waals surface area contributed by atoms with Crippen LogP contribution >= 0.6 is 22.9 Å². The van der Waals surface area contributed by atoms with Gasteiger partial charge in [0.1, 0.15) is 23.3 Å². The zero-order valence-corrected chi connectivity index (χ0v) is 15.7. The molecule has 0 radical (unpaired) electrons. The van der Waals surface area contributed by atoms with Crippen molar-refractivity contribution in [3.63, 3.8) is 0 Å². The average Bonchev–Trinajstić information content (AvgIpc) is 2.90. The smallest absolute Gasteiger partial charge is 0.308 e. The van der Waals surface area contributed by atoms with Crippen molar-refractivity contribution >= 4 is 39.0 Å². The first kappa shape index (κ1) is 17.6. The van der Waals surface area contributed by atoms with Crippen LogP contribution in [0.5, 0.6) is 11.5 Å². The van der Waals surface area contributed by atoms with Crippen molar-refractivity contribution < 1.29 is 14.3 Å². The minimum absolute atomic E-state index is 0.285. The summed E-state index contributed by atoms with van der Waals surface area (Å²) in [6.45, 7) is 5.52. The highest BCUT2D eigenvalue weighted by atomic mass is 35.5. The number of aromatic nitrogens is 2. The molecule has 5 nitrogen and oxygen atoms in total. The Kier molecular flexibility index (Phi) is 5.20. The van der Waals surface area contributed by atoms with Gasteiger partial charge in [0, 0.05) is 33.6 Å². The van der Waals surface area contributed by atoms with Gasteiger partial charge in [-0.2, -0.15) is 0 Å². The van der Waals surface area contributed by atoms with E-state index in [1.165, 1.54) is 6.92 Å². The summed E-state index contributed by atoms with van der Waals surface area (Å²) in [6, 6.07) is 5.70. The molecule has 0 N–H and O–H groups in total. The maximum atomic E-state index is 11.3. The van der Waals surface area contributed by atoms with Crippen molar-refractivity contribution in [1.29, 1.82) is 0 Å². The van der Waals surface area contributed by atoms with E-state index < -0.39 is 0 Å². The van der Waals surface area contributed by atoms with E-state index >= 15 is 0 Å². The minimum atomic E-state index is -0.316. The van der Waals surface area contributed by atoms with Crippen LogP contribution in [0.1, 0.15) is 30.1 Å². The van der Waals surface area contributed by atoms with Crippen molar-refractivity contribution in [3.8, 4) is 11.5 Å². The minimum Gasteiger partial charge on any atom is -0.489 e. The summed E-state index contributed by atoms with van der Waals surface area (Å²) in [4.78, 5) is 20.6. The van der Waals surface area contributed by atoms with Crippen molar-refractivity contribution in [2.24, 2.45) is 0 Å². The number of carbonyl (C=O) groups excluding carboxylic acids is 1.